The summed E-state index contributed by atoms with van der Waals surface area (Å²) in [4.78, 5) is 22.6. The number of nitrogens with one attached hydrogen (secondary N) is 1. The van der Waals surface area contributed by atoms with E-state index in [4.69, 9.17) is 4.74 Å². The number of pyridine rings is 1. The van der Waals surface area contributed by atoms with Crippen LogP contribution in [0.3, 0.4) is 0 Å². The Morgan fingerprint density at radius 1 is 1.05 bits per heavy atom. The predicted molar refractivity (Wildman–Crippen MR) is 150 cm³/mol. The van der Waals surface area contributed by atoms with Gasteiger partial charge in [0.1, 0.15) is 12.4 Å². The lowest BCUT2D eigenvalue weighted by Crippen LogP contribution is -2.48. The fourth-order valence-corrected chi connectivity index (χ4v) is 5.16. The van der Waals surface area contributed by atoms with Gasteiger partial charge in [0.2, 0.25) is 0 Å². The number of anilines is 2. The maximum absolute atomic E-state index is 13.5. The van der Waals surface area contributed by atoms with E-state index in [1.54, 1.807) is 4.57 Å². The fourth-order valence-electron chi connectivity index (χ4n) is 5.16. The molecule has 1 aliphatic heterocycles. The van der Waals surface area contributed by atoms with Gasteiger partial charge >= 0.3 is 6.03 Å². The van der Waals surface area contributed by atoms with Gasteiger partial charge in [-0.25, -0.2) is 9.78 Å². The molecular weight excluding hydrogens is 462 g/mol. The second-order valence-corrected chi connectivity index (χ2v) is 9.37. The minimum Gasteiger partial charge on any atom is -0.489 e. The van der Waals surface area contributed by atoms with E-state index in [-0.39, 0.29) is 6.03 Å². The van der Waals surface area contributed by atoms with Gasteiger partial charge in [0, 0.05) is 56.1 Å². The van der Waals surface area contributed by atoms with Crippen LogP contribution in [0.4, 0.5) is 16.3 Å². The molecule has 1 amide bonds. The normalized spacial score (nSPS) is 14.1. The highest BCUT2D eigenvalue weighted by atomic mass is 16.5. The Morgan fingerprint density at radius 3 is 2.62 bits per heavy atom. The van der Waals surface area contributed by atoms with Crippen molar-refractivity contribution in [3.8, 4) is 5.75 Å². The van der Waals surface area contributed by atoms with Crippen LogP contribution >= 0.6 is 0 Å². The van der Waals surface area contributed by atoms with Crippen molar-refractivity contribution in [3.63, 3.8) is 0 Å². The van der Waals surface area contributed by atoms with E-state index in [1.165, 1.54) is 0 Å². The van der Waals surface area contributed by atoms with Crippen LogP contribution in [0.5, 0.6) is 5.75 Å². The van der Waals surface area contributed by atoms with Crippen molar-refractivity contribution in [1.29, 1.82) is 0 Å². The van der Waals surface area contributed by atoms with Crippen LogP contribution in [0.2, 0.25) is 0 Å². The van der Waals surface area contributed by atoms with Gasteiger partial charge < -0.3 is 19.9 Å². The van der Waals surface area contributed by atoms with E-state index < -0.39 is 0 Å². The summed E-state index contributed by atoms with van der Waals surface area (Å²) >= 11 is 0. The molecule has 192 valence electrons. The Hall–Kier alpha value is -4.00. The number of carbonyl (C=O) groups excluding carboxylic acids is 1. The zero-order valence-corrected chi connectivity index (χ0v) is 21.6. The first-order valence-corrected chi connectivity index (χ1v) is 13.2. The highest BCUT2D eigenvalue weighted by Crippen LogP contribution is 2.29. The maximum Gasteiger partial charge on any atom is 0.328 e. The summed E-state index contributed by atoms with van der Waals surface area (Å²) in [5.41, 5.74) is 3.05. The molecule has 7 heteroatoms. The molecule has 1 aliphatic rings. The van der Waals surface area contributed by atoms with E-state index in [0.29, 0.717) is 25.7 Å². The largest absolute Gasteiger partial charge is 0.489 e. The Balaban J connectivity index is 1.26. The van der Waals surface area contributed by atoms with E-state index in [9.17, 15) is 4.79 Å². The number of amides is 1. The number of piperidine rings is 1. The summed E-state index contributed by atoms with van der Waals surface area (Å²) in [6, 6.07) is 22.4. The molecule has 0 aliphatic carbocycles. The average Bonchev–Trinajstić information content (AvgIpc) is 3.37. The molecule has 1 fully saturated rings. The Morgan fingerprint density at radius 2 is 1.86 bits per heavy atom. The number of ether oxygens (including phenoxy) is 1. The van der Waals surface area contributed by atoms with Crippen LogP contribution in [0.25, 0.3) is 10.9 Å². The minimum atomic E-state index is 0.0166. The van der Waals surface area contributed by atoms with Gasteiger partial charge in [0.05, 0.1) is 11.2 Å². The van der Waals surface area contributed by atoms with E-state index >= 15 is 0 Å². The quantitative estimate of drug-likeness (QED) is 0.323. The third kappa shape index (κ3) is 5.40. The Labute approximate surface area is 218 Å². The summed E-state index contributed by atoms with van der Waals surface area (Å²) < 4.78 is 7.77. The van der Waals surface area contributed by atoms with E-state index in [1.807, 2.05) is 78.0 Å². The van der Waals surface area contributed by atoms with Crippen LogP contribution < -0.4 is 15.0 Å². The first-order chi connectivity index (χ1) is 18.2. The zero-order valence-electron chi connectivity index (χ0n) is 21.6. The second-order valence-electron chi connectivity index (χ2n) is 9.37. The standard InChI is InChI=1S/C30H35N5O2/c1-3-31-27-11-8-17-32-29(27)34(4-2)25-15-18-33(19-16-25)30(36)35-20-14-24-12-13-26(21-28(24)35)37-22-23-9-6-5-7-10-23/h5-14,17,20-21,25,31H,3-4,15-16,18-19,22H2,1-2H3. The molecule has 1 N–H and O–H groups in total. The van der Waals surface area contributed by atoms with Gasteiger partial charge in [-0.2, -0.15) is 0 Å². The summed E-state index contributed by atoms with van der Waals surface area (Å²) in [5.74, 6) is 1.75. The molecular formula is C30H35N5O2. The summed E-state index contributed by atoms with van der Waals surface area (Å²) in [6.45, 7) is 7.93. The number of rotatable bonds is 8. The number of hydrogen-bond acceptors (Lipinski definition) is 5. The van der Waals surface area contributed by atoms with Crippen molar-refractivity contribution >= 4 is 28.4 Å². The predicted octanol–water partition coefficient (Wildman–Crippen LogP) is 6.01. The molecule has 3 heterocycles. The van der Waals surface area contributed by atoms with Crippen LogP contribution in [0.1, 0.15) is 32.3 Å². The molecule has 0 spiro atoms. The van der Waals surface area contributed by atoms with Gasteiger partial charge in [-0.05, 0) is 62.6 Å². The van der Waals surface area contributed by atoms with Gasteiger partial charge in [-0.3, -0.25) is 4.57 Å². The number of benzene rings is 2. The smallest absolute Gasteiger partial charge is 0.328 e. The van der Waals surface area contributed by atoms with Gasteiger partial charge in [-0.15, -0.1) is 0 Å². The molecule has 0 bridgehead atoms. The van der Waals surface area contributed by atoms with E-state index in [0.717, 1.165) is 59.7 Å². The number of aromatic nitrogens is 2. The molecule has 0 saturated carbocycles. The van der Waals surface area contributed by atoms with Crippen molar-refractivity contribution in [3.05, 3.63) is 84.7 Å². The van der Waals surface area contributed by atoms with Crippen LogP contribution in [-0.2, 0) is 6.61 Å². The lowest BCUT2D eigenvalue weighted by Gasteiger charge is -2.39. The molecule has 5 rings (SSSR count). The van der Waals surface area contributed by atoms with Crippen LogP contribution in [0.15, 0.2) is 79.1 Å². The maximum atomic E-state index is 13.5. The third-order valence-electron chi connectivity index (χ3n) is 7.06. The summed E-state index contributed by atoms with van der Waals surface area (Å²) in [5, 5.41) is 4.46. The molecule has 2 aromatic carbocycles. The van der Waals surface area contributed by atoms with Crippen LogP contribution in [0, 0.1) is 0 Å². The molecule has 2 aromatic heterocycles. The second kappa shape index (κ2) is 11.4. The van der Waals surface area contributed by atoms with Crippen molar-refractivity contribution in [2.45, 2.75) is 39.3 Å². The fraction of sp³-hybridized carbons (Fsp3) is 0.333. The topological polar surface area (TPSA) is 62.6 Å². The number of nitrogens with zero attached hydrogens (tertiary/aromatic N) is 4. The molecule has 0 atom stereocenters. The average molecular weight is 498 g/mol. The first-order valence-electron chi connectivity index (χ1n) is 13.2. The number of carbonyl (C=O) groups is 1. The zero-order chi connectivity index (χ0) is 25.6. The lowest BCUT2D eigenvalue weighted by atomic mass is 10.0. The number of hydrogen-bond donors (Lipinski definition) is 1. The SMILES string of the molecule is CCNc1cccnc1N(CC)C1CCN(C(=O)n2ccc3ccc(OCc4ccccc4)cc32)CC1. The van der Waals surface area contributed by atoms with Gasteiger partial charge in [0.15, 0.2) is 5.82 Å². The highest BCUT2D eigenvalue weighted by molar-refractivity contribution is 5.92. The van der Waals surface area contributed by atoms with Crippen molar-refractivity contribution in [1.82, 2.24) is 14.5 Å². The molecule has 7 nitrogen and oxygen atoms in total. The molecule has 4 aromatic rings. The minimum absolute atomic E-state index is 0.0166. The van der Waals surface area contributed by atoms with Gasteiger partial charge in [-0.1, -0.05) is 30.3 Å². The molecule has 37 heavy (non-hydrogen) atoms. The Kier molecular flexibility index (Phi) is 7.59. The monoisotopic (exact) mass is 497 g/mol. The number of likely N-dealkylation sites (tertiary alicyclic amines) is 1. The number of fused-ring (bicyclic) bond motifs is 1. The Bertz CT molecular complexity index is 1330. The van der Waals surface area contributed by atoms with E-state index in [2.05, 4.69) is 35.1 Å². The van der Waals surface area contributed by atoms with Crippen molar-refractivity contribution < 1.29 is 9.53 Å². The van der Waals surface area contributed by atoms with Crippen molar-refractivity contribution in [2.24, 2.45) is 0 Å². The summed E-state index contributed by atoms with van der Waals surface area (Å²) in [6.07, 6.45) is 5.54. The third-order valence-corrected chi connectivity index (χ3v) is 7.06. The van der Waals surface area contributed by atoms with Crippen LogP contribution in [-0.4, -0.2) is 52.7 Å². The first kappa shape index (κ1) is 24.7. The lowest BCUT2D eigenvalue weighted by molar-refractivity contribution is 0.183. The molecule has 0 unspecified atom stereocenters. The summed E-state index contributed by atoms with van der Waals surface area (Å²) in [7, 11) is 0. The van der Waals surface area contributed by atoms with Gasteiger partial charge in [0.25, 0.3) is 0 Å². The highest BCUT2D eigenvalue weighted by Gasteiger charge is 2.29. The molecule has 1 saturated heterocycles. The molecule has 0 radical (unpaired) electrons. The van der Waals surface area contributed by atoms with Crippen molar-refractivity contribution in [2.75, 3.05) is 36.4 Å².